The Labute approximate surface area is 96.7 Å². The number of benzene rings is 1. The summed E-state index contributed by atoms with van der Waals surface area (Å²) in [5, 5.41) is 21.6. The number of nitriles is 1. The van der Waals surface area contributed by atoms with Gasteiger partial charge in [-0.1, -0.05) is 32.0 Å². The molecule has 0 saturated carbocycles. The molecule has 0 fully saturated rings. The molecular weight excluding hydrogens is 200 g/mol. The van der Waals surface area contributed by atoms with Gasteiger partial charge in [-0.25, -0.2) is 0 Å². The van der Waals surface area contributed by atoms with E-state index in [1.807, 2.05) is 32.0 Å². The Morgan fingerprint density at radius 2 is 2.06 bits per heavy atom. The second-order valence-corrected chi connectivity index (χ2v) is 4.21. The number of aliphatic hydroxyl groups is 1. The molecule has 1 aromatic rings. The van der Waals surface area contributed by atoms with E-state index in [9.17, 15) is 5.11 Å². The second kappa shape index (κ2) is 6.26. The van der Waals surface area contributed by atoms with Gasteiger partial charge >= 0.3 is 0 Å². The van der Waals surface area contributed by atoms with E-state index >= 15 is 0 Å². The van der Waals surface area contributed by atoms with Crippen LogP contribution in [0.25, 0.3) is 0 Å². The Morgan fingerprint density at radius 1 is 1.38 bits per heavy atom. The van der Waals surface area contributed by atoms with Gasteiger partial charge in [0.1, 0.15) is 0 Å². The summed E-state index contributed by atoms with van der Waals surface area (Å²) in [6.07, 6.45) is -0.339. The molecule has 86 valence electrons. The van der Waals surface area contributed by atoms with Crippen LogP contribution in [0.5, 0.6) is 0 Å². The maximum Gasteiger partial charge on any atom is 0.0995 e. The van der Waals surface area contributed by atoms with Gasteiger partial charge in [0.2, 0.25) is 0 Å². The van der Waals surface area contributed by atoms with Crippen LogP contribution in [-0.4, -0.2) is 17.8 Å². The molecule has 0 spiro atoms. The molecule has 1 unspecified atom stereocenters. The fourth-order valence-corrected chi connectivity index (χ4v) is 1.37. The van der Waals surface area contributed by atoms with Crippen molar-refractivity contribution >= 4 is 0 Å². The van der Waals surface area contributed by atoms with Gasteiger partial charge in [-0.3, -0.25) is 0 Å². The van der Waals surface area contributed by atoms with Crippen molar-refractivity contribution < 1.29 is 5.11 Å². The molecule has 1 atom stereocenters. The van der Waals surface area contributed by atoms with Gasteiger partial charge in [0.15, 0.2) is 0 Å². The summed E-state index contributed by atoms with van der Waals surface area (Å²) >= 11 is 0. The lowest BCUT2D eigenvalue weighted by atomic mass is 10.1. The van der Waals surface area contributed by atoms with E-state index in [2.05, 4.69) is 11.4 Å². The first-order valence-corrected chi connectivity index (χ1v) is 5.52. The summed E-state index contributed by atoms with van der Waals surface area (Å²) in [4.78, 5) is 0. The maximum absolute atomic E-state index is 9.60. The third-order valence-electron chi connectivity index (χ3n) is 2.58. The van der Waals surface area contributed by atoms with Gasteiger partial charge in [0, 0.05) is 13.1 Å². The molecule has 0 heterocycles. The number of nitrogens with one attached hydrogen (secondary N) is 1. The first-order valence-electron chi connectivity index (χ1n) is 5.52. The minimum atomic E-state index is -0.339. The molecule has 0 bridgehead atoms. The van der Waals surface area contributed by atoms with Crippen molar-refractivity contribution in [3.8, 4) is 6.07 Å². The smallest absolute Gasteiger partial charge is 0.0995 e. The van der Waals surface area contributed by atoms with Crippen molar-refractivity contribution in [1.29, 1.82) is 5.26 Å². The predicted molar refractivity (Wildman–Crippen MR) is 63.7 cm³/mol. The van der Waals surface area contributed by atoms with E-state index in [-0.39, 0.29) is 12.0 Å². The van der Waals surface area contributed by atoms with E-state index in [4.69, 9.17) is 5.26 Å². The van der Waals surface area contributed by atoms with Crippen LogP contribution in [-0.2, 0) is 6.54 Å². The molecule has 3 heteroatoms. The molecule has 0 radical (unpaired) electrons. The van der Waals surface area contributed by atoms with Crippen LogP contribution in [0.3, 0.4) is 0 Å². The van der Waals surface area contributed by atoms with Crippen molar-refractivity contribution in [3.05, 3.63) is 35.4 Å². The second-order valence-electron chi connectivity index (χ2n) is 4.21. The normalized spacial score (nSPS) is 12.4. The number of aliphatic hydroxyl groups excluding tert-OH is 1. The molecular formula is C13H18N2O. The topological polar surface area (TPSA) is 56.0 Å². The average Bonchev–Trinajstić information content (AvgIpc) is 2.29. The zero-order chi connectivity index (χ0) is 12.0. The minimum absolute atomic E-state index is 0.249. The van der Waals surface area contributed by atoms with Gasteiger partial charge in [0.25, 0.3) is 0 Å². The Bertz CT molecular complexity index is 368. The number of rotatable bonds is 5. The molecule has 2 N–H and O–H groups in total. The Hall–Kier alpha value is -1.37. The lowest BCUT2D eigenvalue weighted by Gasteiger charge is -2.15. The van der Waals surface area contributed by atoms with Crippen LogP contribution in [0.15, 0.2) is 24.3 Å². The number of hydrogen-bond acceptors (Lipinski definition) is 3. The quantitative estimate of drug-likeness (QED) is 0.790. The first kappa shape index (κ1) is 12.7. The van der Waals surface area contributed by atoms with Crippen molar-refractivity contribution in [1.82, 2.24) is 5.32 Å². The lowest BCUT2D eigenvalue weighted by molar-refractivity contribution is 0.123. The van der Waals surface area contributed by atoms with Crippen LogP contribution in [0, 0.1) is 17.2 Å². The van der Waals surface area contributed by atoms with E-state index in [1.54, 1.807) is 6.07 Å². The Balaban J connectivity index is 2.46. The van der Waals surface area contributed by atoms with Crippen molar-refractivity contribution in [3.63, 3.8) is 0 Å². The van der Waals surface area contributed by atoms with E-state index in [1.165, 1.54) is 0 Å². The van der Waals surface area contributed by atoms with E-state index in [0.29, 0.717) is 18.7 Å². The fraction of sp³-hybridized carbons (Fsp3) is 0.462. The molecule has 1 rings (SSSR count). The average molecular weight is 218 g/mol. The monoisotopic (exact) mass is 218 g/mol. The summed E-state index contributed by atoms with van der Waals surface area (Å²) in [6, 6.07) is 9.64. The van der Waals surface area contributed by atoms with Crippen molar-refractivity contribution in [2.24, 2.45) is 5.92 Å². The van der Waals surface area contributed by atoms with E-state index in [0.717, 1.165) is 5.56 Å². The highest BCUT2D eigenvalue weighted by Crippen LogP contribution is 2.07. The van der Waals surface area contributed by atoms with E-state index < -0.39 is 0 Å². The minimum Gasteiger partial charge on any atom is -0.392 e. The molecule has 0 aromatic heterocycles. The van der Waals surface area contributed by atoms with Crippen LogP contribution >= 0.6 is 0 Å². The molecule has 16 heavy (non-hydrogen) atoms. The van der Waals surface area contributed by atoms with Crippen LogP contribution < -0.4 is 5.32 Å². The molecule has 0 aliphatic rings. The third-order valence-corrected chi connectivity index (χ3v) is 2.58. The molecule has 0 aliphatic carbocycles. The molecule has 1 aromatic carbocycles. The highest BCUT2D eigenvalue weighted by atomic mass is 16.3. The molecule has 0 amide bonds. The van der Waals surface area contributed by atoms with Gasteiger partial charge in [-0.05, 0) is 17.5 Å². The van der Waals surface area contributed by atoms with Crippen LogP contribution in [0.2, 0.25) is 0 Å². The highest BCUT2D eigenvalue weighted by Gasteiger charge is 2.08. The van der Waals surface area contributed by atoms with Gasteiger partial charge < -0.3 is 10.4 Å². The fourth-order valence-electron chi connectivity index (χ4n) is 1.37. The van der Waals surface area contributed by atoms with Gasteiger partial charge in [-0.2, -0.15) is 5.26 Å². The zero-order valence-electron chi connectivity index (χ0n) is 9.77. The van der Waals surface area contributed by atoms with Crippen molar-refractivity contribution in [2.45, 2.75) is 26.5 Å². The Kier molecular flexibility index (Phi) is 4.97. The standard InChI is InChI=1S/C13H18N2O/c1-10(2)13(16)9-15-8-12-6-4-3-5-11(12)7-14/h3-6,10,13,15-16H,8-9H2,1-2H3. The number of nitrogens with zero attached hydrogens (tertiary/aromatic N) is 1. The lowest BCUT2D eigenvalue weighted by Crippen LogP contribution is -2.30. The SMILES string of the molecule is CC(C)C(O)CNCc1ccccc1C#N. The summed E-state index contributed by atoms with van der Waals surface area (Å²) in [6.45, 7) is 5.14. The van der Waals surface area contributed by atoms with Crippen molar-refractivity contribution in [2.75, 3.05) is 6.54 Å². The van der Waals surface area contributed by atoms with Gasteiger partial charge in [0.05, 0.1) is 17.7 Å². The summed E-state index contributed by atoms with van der Waals surface area (Å²) in [5.74, 6) is 0.249. The molecule has 0 aliphatic heterocycles. The molecule has 3 nitrogen and oxygen atoms in total. The summed E-state index contributed by atoms with van der Waals surface area (Å²) in [7, 11) is 0. The highest BCUT2D eigenvalue weighted by molar-refractivity contribution is 5.37. The Morgan fingerprint density at radius 3 is 2.69 bits per heavy atom. The predicted octanol–water partition coefficient (Wildman–Crippen LogP) is 1.66. The number of hydrogen-bond donors (Lipinski definition) is 2. The summed E-state index contributed by atoms with van der Waals surface area (Å²) in [5.41, 5.74) is 1.66. The van der Waals surface area contributed by atoms with Gasteiger partial charge in [-0.15, -0.1) is 0 Å². The molecule has 0 saturated heterocycles. The third kappa shape index (κ3) is 3.65. The maximum atomic E-state index is 9.60. The largest absolute Gasteiger partial charge is 0.392 e. The van der Waals surface area contributed by atoms with Crippen LogP contribution in [0.1, 0.15) is 25.0 Å². The summed E-state index contributed by atoms with van der Waals surface area (Å²) < 4.78 is 0. The zero-order valence-corrected chi connectivity index (χ0v) is 9.77. The first-order chi connectivity index (χ1) is 7.65. The van der Waals surface area contributed by atoms with Crippen LogP contribution in [0.4, 0.5) is 0 Å².